The Morgan fingerprint density at radius 3 is 2.74 bits per heavy atom. The van der Waals surface area contributed by atoms with Crippen LogP contribution in [0.25, 0.3) is 0 Å². The van der Waals surface area contributed by atoms with Crippen LogP contribution in [-0.4, -0.2) is 24.1 Å². The molecule has 0 aromatic carbocycles. The lowest BCUT2D eigenvalue weighted by molar-refractivity contribution is 0.426. The standard InChI is InChI=1S/C16H27N3/c1-13(2)18-12-14-9-10-17-16(11-14)19(3)15-7-5-4-6-8-15/h9-11,13,15,18H,4-8,12H2,1-3H3. The maximum absolute atomic E-state index is 4.54. The van der Waals surface area contributed by atoms with E-state index in [0.717, 1.165) is 12.4 Å². The molecule has 0 aliphatic heterocycles. The Morgan fingerprint density at radius 1 is 1.32 bits per heavy atom. The lowest BCUT2D eigenvalue weighted by Gasteiger charge is -2.32. The van der Waals surface area contributed by atoms with Gasteiger partial charge in [-0.1, -0.05) is 33.1 Å². The van der Waals surface area contributed by atoms with Crippen LogP contribution in [-0.2, 0) is 6.54 Å². The third-order valence-corrected chi connectivity index (χ3v) is 4.01. The van der Waals surface area contributed by atoms with Gasteiger partial charge in [-0.2, -0.15) is 0 Å². The third kappa shape index (κ3) is 4.20. The Hall–Kier alpha value is -1.09. The summed E-state index contributed by atoms with van der Waals surface area (Å²) in [5, 5.41) is 3.46. The molecule has 1 aliphatic rings. The second-order valence-electron chi connectivity index (χ2n) is 5.96. The first-order valence-electron chi connectivity index (χ1n) is 7.58. The van der Waals surface area contributed by atoms with Crippen molar-refractivity contribution in [3.8, 4) is 0 Å². The summed E-state index contributed by atoms with van der Waals surface area (Å²) >= 11 is 0. The molecule has 0 bridgehead atoms. The average molecular weight is 261 g/mol. The molecule has 0 unspecified atom stereocenters. The molecule has 1 aliphatic carbocycles. The number of nitrogens with one attached hydrogen (secondary N) is 1. The van der Waals surface area contributed by atoms with Gasteiger partial charge < -0.3 is 10.2 Å². The van der Waals surface area contributed by atoms with Gasteiger partial charge in [0.15, 0.2) is 0 Å². The highest BCUT2D eigenvalue weighted by molar-refractivity contribution is 5.41. The topological polar surface area (TPSA) is 28.2 Å². The Bertz CT molecular complexity index is 383. The lowest BCUT2D eigenvalue weighted by atomic mass is 9.94. The van der Waals surface area contributed by atoms with E-state index in [1.165, 1.54) is 37.7 Å². The third-order valence-electron chi connectivity index (χ3n) is 4.01. The minimum Gasteiger partial charge on any atom is -0.357 e. The van der Waals surface area contributed by atoms with Crippen molar-refractivity contribution in [2.45, 2.75) is 64.6 Å². The van der Waals surface area contributed by atoms with Gasteiger partial charge in [0.2, 0.25) is 0 Å². The van der Waals surface area contributed by atoms with Gasteiger partial charge in [0, 0.05) is 31.9 Å². The van der Waals surface area contributed by atoms with Gasteiger partial charge in [-0.05, 0) is 30.5 Å². The van der Waals surface area contributed by atoms with Crippen molar-refractivity contribution >= 4 is 5.82 Å². The molecule has 0 saturated heterocycles. The number of anilines is 1. The molecule has 1 N–H and O–H groups in total. The van der Waals surface area contributed by atoms with E-state index in [0.29, 0.717) is 12.1 Å². The normalized spacial score (nSPS) is 16.8. The minimum absolute atomic E-state index is 0.521. The quantitative estimate of drug-likeness (QED) is 0.881. The number of hydrogen-bond donors (Lipinski definition) is 1. The van der Waals surface area contributed by atoms with Gasteiger partial charge in [0.25, 0.3) is 0 Å². The molecule has 1 saturated carbocycles. The highest BCUT2D eigenvalue weighted by Gasteiger charge is 2.19. The second kappa shape index (κ2) is 6.90. The lowest BCUT2D eigenvalue weighted by Crippen LogP contribution is -2.34. The average Bonchev–Trinajstić information content (AvgIpc) is 2.45. The van der Waals surface area contributed by atoms with Crippen molar-refractivity contribution in [2.24, 2.45) is 0 Å². The monoisotopic (exact) mass is 261 g/mol. The van der Waals surface area contributed by atoms with Crippen LogP contribution in [0.5, 0.6) is 0 Å². The van der Waals surface area contributed by atoms with Gasteiger partial charge in [-0.3, -0.25) is 0 Å². The van der Waals surface area contributed by atoms with Crippen LogP contribution in [0.4, 0.5) is 5.82 Å². The smallest absolute Gasteiger partial charge is 0.128 e. The summed E-state index contributed by atoms with van der Waals surface area (Å²) in [4.78, 5) is 6.91. The molecule has 1 aromatic heterocycles. The summed E-state index contributed by atoms with van der Waals surface area (Å²) in [6.45, 7) is 5.28. The zero-order chi connectivity index (χ0) is 13.7. The highest BCUT2D eigenvalue weighted by atomic mass is 15.2. The van der Waals surface area contributed by atoms with Crippen LogP contribution in [0, 0.1) is 0 Å². The first-order chi connectivity index (χ1) is 9.16. The molecule has 1 fully saturated rings. The Morgan fingerprint density at radius 2 is 2.05 bits per heavy atom. The van der Waals surface area contributed by atoms with Crippen molar-refractivity contribution in [1.82, 2.24) is 10.3 Å². The van der Waals surface area contributed by atoms with Gasteiger partial charge in [0.05, 0.1) is 0 Å². The van der Waals surface area contributed by atoms with Crippen LogP contribution >= 0.6 is 0 Å². The second-order valence-corrected chi connectivity index (χ2v) is 5.96. The SMILES string of the molecule is CC(C)NCc1ccnc(N(C)C2CCCCC2)c1. The van der Waals surface area contributed by atoms with E-state index in [1.54, 1.807) is 0 Å². The van der Waals surface area contributed by atoms with Crippen LogP contribution in [0.15, 0.2) is 18.3 Å². The summed E-state index contributed by atoms with van der Waals surface area (Å²) in [6, 6.07) is 5.53. The minimum atomic E-state index is 0.521. The molecule has 0 atom stereocenters. The Balaban J connectivity index is 2.00. The molecule has 3 heteroatoms. The molecule has 0 spiro atoms. The van der Waals surface area contributed by atoms with E-state index in [4.69, 9.17) is 0 Å². The largest absolute Gasteiger partial charge is 0.357 e. The van der Waals surface area contributed by atoms with Crippen LogP contribution in [0.2, 0.25) is 0 Å². The molecule has 2 rings (SSSR count). The van der Waals surface area contributed by atoms with E-state index in [9.17, 15) is 0 Å². The molecule has 19 heavy (non-hydrogen) atoms. The highest BCUT2D eigenvalue weighted by Crippen LogP contribution is 2.25. The number of pyridine rings is 1. The van der Waals surface area contributed by atoms with Crippen LogP contribution in [0.1, 0.15) is 51.5 Å². The molecule has 106 valence electrons. The van der Waals surface area contributed by atoms with Crippen molar-refractivity contribution in [2.75, 3.05) is 11.9 Å². The Kier molecular flexibility index (Phi) is 5.20. The van der Waals surface area contributed by atoms with Crippen LogP contribution < -0.4 is 10.2 Å². The predicted octanol–water partition coefficient (Wildman–Crippen LogP) is 3.35. The zero-order valence-corrected chi connectivity index (χ0v) is 12.5. The summed E-state index contributed by atoms with van der Waals surface area (Å²) in [5.74, 6) is 1.12. The van der Waals surface area contributed by atoms with E-state index < -0.39 is 0 Å². The molecule has 1 aromatic rings. The van der Waals surface area contributed by atoms with Crippen molar-refractivity contribution in [3.05, 3.63) is 23.9 Å². The number of rotatable bonds is 5. The number of hydrogen-bond acceptors (Lipinski definition) is 3. The molecule has 0 radical (unpaired) electrons. The van der Waals surface area contributed by atoms with Crippen molar-refractivity contribution in [1.29, 1.82) is 0 Å². The van der Waals surface area contributed by atoms with Gasteiger partial charge in [0.1, 0.15) is 5.82 Å². The molecular formula is C16H27N3. The first-order valence-corrected chi connectivity index (χ1v) is 7.58. The van der Waals surface area contributed by atoms with Gasteiger partial charge in [-0.25, -0.2) is 4.98 Å². The van der Waals surface area contributed by atoms with Crippen molar-refractivity contribution < 1.29 is 0 Å². The van der Waals surface area contributed by atoms with E-state index >= 15 is 0 Å². The van der Waals surface area contributed by atoms with Gasteiger partial charge >= 0.3 is 0 Å². The Labute approximate surface area is 117 Å². The molecule has 0 amide bonds. The molecular weight excluding hydrogens is 234 g/mol. The predicted molar refractivity (Wildman–Crippen MR) is 81.5 cm³/mol. The maximum atomic E-state index is 4.54. The molecule has 1 heterocycles. The fourth-order valence-electron chi connectivity index (χ4n) is 2.74. The summed E-state index contributed by atoms with van der Waals surface area (Å²) in [7, 11) is 2.19. The van der Waals surface area contributed by atoms with Gasteiger partial charge in [-0.15, -0.1) is 0 Å². The number of nitrogens with zero attached hydrogens (tertiary/aromatic N) is 2. The zero-order valence-electron chi connectivity index (χ0n) is 12.5. The fraction of sp³-hybridized carbons (Fsp3) is 0.688. The maximum Gasteiger partial charge on any atom is 0.128 e. The van der Waals surface area contributed by atoms with Crippen LogP contribution in [0.3, 0.4) is 0 Å². The summed E-state index contributed by atoms with van der Waals surface area (Å²) in [6.07, 6.45) is 8.69. The first kappa shape index (κ1) is 14.3. The van der Waals surface area contributed by atoms with E-state index in [1.807, 2.05) is 6.20 Å². The molecule has 3 nitrogen and oxygen atoms in total. The fourth-order valence-corrected chi connectivity index (χ4v) is 2.74. The summed E-state index contributed by atoms with van der Waals surface area (Å²) < 4.78 is 0. The van der Waals surface area contributed by atoms with E-state index in [2.05, 4.69) is 48.2 Å². The van der Waals surface area contributed by atoms with Crippen molar-refractivity contribution in [3.63, 3.8) is 0 Å². The number of aromatic nitrogens is 1. The summed E-state index contributed by atoms with van der Waals surface area (Å²) in [5.41, 5.74) is 1.32. The van der Waals surface area contributed by atoms with E-state index in [-0.39, 0.29) is 0 Å².